The Morgan fingerprint density at radius 3 is 2.21 bits per heavy atom. The maximum absolute atomic E-state index is 13.0. The van der Waals surface area contributed by atoms with Crippen LogP contribution in [0.25, 0.3) is 11.8 Å². The van der Waals surface area contributed by atoms with Crippen LogP contribution in [0.5, 0.6) is 0 Å². The number of benzene rings is 2. The molecule has 1 aromatic heterocycles. The minimum absolute atomic E-state index is 0.101. The second-order valence-corrected chi connectivity index (χ2v) is 11.3. The molecule has 0 bridgehead atoms. The molecule has 1 aliphatic heterocycles. The molecule has 0 saturated carbocycles. The molecule has 1 fully saturated rings. The molecule has 0 atom stereocenters. The average Bonchev–Trinajstić information content (AvgIpc) is 3.18. The molecule has 0 N–H and O–H groups in total. The molecule has 4 nitrogen and oxygen atoms in total. The van der Waals surface area contributed by atoms with Crippen molar-refractivity contribution >= 4 is 44.9 Å². The number of hydrogen-bond acceptors (Lipinski definition) is 3. The summed E-state index contributed by atoms with van der Waals surface area (Å²) < 4.78 is 3.15. The summed E-state index contributed by atoms with van der Waals surface area (Å²) >= 11 is 4.41. The molecule has 0 unspecified atom stereocenters. The second-order valence-electron chi connectivity index (χ2n) is 9.35. The van der Waals surface area contributed by atoms with Gasteiger partial charge in [0, 0.05) is 21.5 Å². The van der Waals surface area contributed by atoms with Gasteiger partial charge >= 0.3 is 0 Å². The number of halogens is 1. The van der Waals surface area contributed by atoms with E-state index >= 15 is 0 Å². The predicted octanol–water partition coefficient (Wildman–Crippen LogP) is 7.39. The molecule has 0 radical (unpaired) electrons. The van der Waals surface area contributed by atoms with E-state index in [1.54, 1.807) is 0 Å². The summed E-state index contributed by atoms with van der Waals surface area (Å²) in [6.45, 7) is 11.0. The number of nitrogens with zero attached hydrogens (tertiary/aromatic N) is 2. The minimum Gasteiger partial charge on any atom is -0.318 e. The van der Waals surface area contributed by atoms with E-state index in [2.05, 4.69) is 78.5 Å². The number of aryl methyl sites for hydroxylation is 1. The maximum Gasteiger partial charge on any atom is 0.293 e. The van der Waals surface area contributed by atoms with Crippen LogP contribution in [0.15, 0.2) is 64.0 Å². The molecule has 0 aliphatic carbocycles. The first-order valence-corrected chi connectivity index (χ1v) is 12.5. The molecule has 1 aliphatic rings. The van der Waals surface area contributed by atoms with Gasteiger partial charge in [-0.15, -0.1) is 0 Å². The zero-order valence-corrected chi connectivity index (χ0v) is 21.9. The molecule has 0 spiro atoms. The van der Waals surface area contributed by atoms with Crippen LogP contribution in [0, 0.1) is 13.8 Å². The number of imide groups is 1. The molecule has 2 aromatic carbocycles. The van der Waals surface area contributed by atoms with Gasteiger partial charge in [-0.1, -0.05) is 61.0 Å². The van der Waals surface area contributed by atoms with Gasteiger partial charge in [0.2, 0.25) is 0 Å². The Hall–Kier alpha value is -2.57. The summed E-state index contributed by atoms with van der Waals surface area (Å²) in [5, 5.41) is -0.235. The normalized spacial score (nSPS) is 15.7. The van der Waals surface area contributed by atoms with Gasteiger partial charge in [0.15, 0.2) is 0 Å². The Labute approximate surface area is 207 Å². The van der Waals surface area contributed by atoms with E-state index in [0.29, 0.717) is 4.91 Å². The van der Waals surface area contributed by atoms with Crippen LogP contribution in [-0.4, -0.2) is 20.6 Å². The molecule has 3 aromatic rings. The summed E-state index contributed by atoms with van der Waals surface area (Å²) in [5.74, 6) is -0.243. The van der Waals surface area contributed by atoms with Crippen LogP contribution in [-0.2, 0) is 16.8 Å². The topological polar surface area (TPSA) is 42.3 Å². The molecule has 6 heteroatoms. The van der Waals surface area contributed by atoms with Gasteiger partial charge in [-0.05, 0) is 84.1 Å². The van der Waals surface area contributed by atoms with E-state index in [9.17, 15) is 9.59 Å². The quantitative estimate of drug-likeness (QED) is 0.335. The average molecular weight is 523 g/mol. The molecule has 4 rings (SSSR count). The van der Waals surface area contributed by atoms with E-state index in [-0.39, 0.29) is 23.1 Å². The van der Waals surface area contributed by atoms with Crippen molar-refractivity contribution in [3.63, 3.8) is 0 Å². The van der Waals surface area contributed by atoms with Crippen molar-refractivity contribution in [1.29, 1.82) is 0 Å². The molecule has 2 heterocycles. The van der Waals surface area contributed by atoms with Gasteiger partial charge in [-0.2, -0.15) is 0 Å². The van der Waals surface area contributed by atoms with Crippen molar-refractivity contribution in [3.05, 3.63) is 92.1 Å². The third-order valence-electron chi connectivity index (χ3n) is 5.88. The van der Waals surface area contributed by atoms with Crippen LogP contribution in [0.3, 0.4) is 0 Å². The highest BCUT2D eigenvalue weighted by Gasteiger charge is 2.35. The Kier molecular flexibility index (Phi) is 6.43. The van der Waals surface area contributed by atoms with Gasteiger partial charge in [-0.25, -0.2) is 0 Å². The highest BCUT2D eigenvalue weighted by Crippen LogP contribution is 2.35. The van der Waals surface area contributed by atoms with Crippen LogP contribution in [0.1, 0.15) is 48.8 Å². The largest absolute Gasteiger partial charge is 0.318 e. The second kappa shape index (κ2) is 8.99. The van der Waals surface area contributed by atoms with Gasteiger partial charge in [0.1, 0.15) is 0 Å². The zero-order chi connectivity index (χ0) is 23.9. The monoisotopic (exact) mass is 522 g/mol. The lowest BCUT2D eigenvalue weighted by Crippen LogP contribution is -2.27. The molecular weight excluding hydrogens is 496 g/mol. The maximum atomic E-state index is 13.0. The van der Waals surface area contributed by atoms with Crippen molar-refractivity contribution in [1.82, 2.24) is 9.47 Å². The van der Waals surface area contributed by atoms with E-state index in [4.69, 9.17) is 0 Å². The Morgan fingerprint density at radius 2 is 1.61 bits per heavy atom. The number of carbonyl (C=O) groups is 2. The number of rotatable bonds is 4. The smallest absolute Gasteiger partial charge is 0.293 e. The van der Waals surface area contributed by atoms with Crippen molar-refractivity contribution in [2.24, 2.45) is 0 Å². The van der Waals surface area contributed by atoms with Gasteiger partial charge < -0.3 is 4.57 Å². The van der Waals surface area contributed by atoms with Crippen molar-refractivity contribution in [3.8, 4) is 5.69 Å². The van der Waals surface area contributed by atoms with E-state index in [1.807, 2.05) is 37.3 Å². The molecule has 33 heavy (non-hydrogen) atoms. The Morgan fingerprint density at radius 1 is 0.970 bits per heavy atom. The molecular formula is C27H27BrN2O2S. The lowest BCUT2D eigenvalue weighted by Gasteiger charge is -2.20. The Balaban J connectivity index is 1.60. The van der Waals surface area contributed by atoms with Crippen molar-refractivity contribution in [2.45, 2.75) is 46.6 Å². The summed E-state index contributed by atoms with van der Waals surface area (Å²) in [7, 11) is 0. The van der Waals surface area contributed by atoms with Crippen LogP contribution < -0.4 is 0 Å². The summed E-state index contributed by atoms with van der Waals surface area (Å²) in [4.78, 5) is 27.3. The third-order valence-corrected chi connectivity index (χ3v) is 7.31. The number of amides is 2. The standard InChI is InChI=1S/C27H27BrN2O2S/c1-17-14-20(18(2)30(17)23-12-8-21(9-13-23)27(3,4)5)15-24-25(31)29(26(32)33-24)16-19-6-10-22(28)11-7-19/h6-15H,16H2,1-5H3/b24-15-. The van der Waals surface area contributed by atoms with E-state index in [0.717, 1.165) is 44.4 Å². The highest BCUT2D eigenvalue weighted by molar-refractivity contribution is 9.10. The fourth-order valence-electron chi connectivity index (χ4n) is 3.99. The molecule has 170 valence electrons. The first kappa shape index (κ1) is 23.6. The highest BCUT2D eigenvalue weighted by atomic mass is 79.9. The van der Waals surface area contributed by atoms with Gasteiger partial charge in [-0.3, -0.25) is 14.5 Å². The van der Waals surface area contributed by atoms with E-state index < -0.39 is 0 Å². The predicted molar refractivity (Wildman–Crippen MR) is 140 cm³/mol. The minimum atomic E-state index is -0.243. The summed E-state index contributed by atoms with van der Waals surface area (Å²) in [6.07, 6.45) is 1.84. The third kappa shape index (κ3) is 4.87. The SMILES string of the molecule is Cc1cc(/C=C2\SC(=O)N(Cc3ccc(Br)cc3)C2=O)c(C)n1-c1ccc(C(C)(C)C)cc1. The number of carbonyl (C=O) groups excluding carboxylic acids is 2. The van der Waals surface area contributed by atoms with Gasteiger partial charge in [0.25, 0.3) is 11.1 Å². The molecule has 1 saturated heterocycles. The zero-order valence-electron chi connectivity index (χ0n) is 19.5. The van der Waals surface area contributed by atoms with Crippen molar-refractivity contribution < 1.29 is 9.59 Å². The van der Waals surface area contributed by atoms with Crippen LogP contribution >= 0.6 is 27.7 Å². The van der Waals surface area contributed by atoms with E-state index in [1.165, 1.54) is 10.5 Å². The number of aromatic nitrogens is 1. The van der Waals surface area contributed by atoms with Crippen LogP contribution in [0.2, 0.25) is 0 Å². The number of thioether (sulfide) groups is 1. The molecule has 2 amide bonds. The lowest BCUT2D eigenvalue weighted by molar-refractivity contribution is -0.123. The fraction of sp³-hybridized carbons (Fsp3) is 0.259. The van der Waals surface area contributed by atoms with Gasteiger partial charge in [0.05, 0.1) is 11.4 Å². The first-order valence-electron chi connectivity index (χ1n) is 10.8. The van der Waals surface area contributed by atoms with Crippen LogP contribution in [0.4, 0.5) is 4.79 Å². The van der Waals surface area contributed by atoms with Crippen molar-refractivity contribution in [2.75, 3.05) is 0 Å². The lowest BCUT2D eigenvalue weighted by atomic mass is 9.87. The fourth-order valence-corrected chi connectivity index (χ4v) is 5.08. The summed E-state index contributed by atoms with van der Waals surface area (Å²) in [6, 6.07) is 18.3. The first-order chi connectivity index (χ1) is 15.5. The number of hydrogen-bond donors (Lipinski definition) is 0. The summed E-state index contributed by atoms with van der Waals surface area (Å²) in [5.41, 5.74) is 6.45. The Bertz CT molecular complexity index is 1250.